The van der Waals surface area contributed by atoms with Crippen molar-refractivity contribution in [3.63, 3.8) is 0 Å². The van der Waals surface area contributed by atoms with Crippen LogP contribution in [0.2, 0.25) is 0 Å². The summed E-state index contributed by atoms with van der Waals surface area (Å²) in [5.74, 6) is 0.407. The third-order valence-electron chi connectivity index (χ3n) is 2.63. The number of rotatable bonds is 7. The molecule has 0 fully saturated rings. The number of amides is 1. The highest BCUT2D eigenvalue weighted by Crippen LogP contribution is 2.19. The highest BCUT2D eigenvalue weighted by molar-refractivity contribution is 5.99. The lowest BCUT2D eigenvalue weighted by Crippen LogP contribution is -2.25. The molecule has 4 N–H and O–H groups in total. The molecular formula is C13H20N2O3. The van der Waals surface area contributed by atoms with Crippen LogP contribution in [-0.2, 0) is 0 Å². The Morgan fingerprint density at radius 3 is 2.83 bits per heavy atom. The minimum atomic E-state index is -0.199. The van der Waals surface area contributed by atoms with E-state index < -0.39 is 0 Å². The zero-order chi connectivity index (χ0) is 13.4. The second kappa shape index (κ2) is 7.55. The zero-order valence-corrected chi connectivity index (χ0v) is 10.6. The molecule has 0 atom stereocenters. The highest BCUT2D eigenvalue weighted by Gasteiger charge is 2.10. The topological polar surface area (TPSA) is 84.6 Å². The van der Waals surface area contributed by atoms with Gasteiger partial charge in [0, 0.05) is 18.8 Å². The fraction of sp³-hybridized carbons (Fsp3) is 0.462. The summed E-state index contributed by atoms with van der Waals surface area (Å²) in [5, 5.41) is 11.4. The minimum Gasteiger partial charge on any atom is -0.497 e. The van der Waals surface area contributed by atoms with Crippen molar-refractivity contribution < 1.29 is 14.6 Å². The summed E-state index contributed by atoms with van der Waals surface area (Å²) in [5.41, 5.74) is 6.61. The number of unbranched alkanes of at least 4 members (excludes halogenated alkanes) is 2. The summed E-state index contributed by atoms with van der Waals surface area (Å²) < 4.78 is 5.05. The summed E-state index contributed by atoms with van der Waals surface area (Å²) in [6.45, 7) is 0.770. The van der Waals surface area contributed by atoms with E-state index in [9.17, 15) is 4.79 Å². The van der Waals surface area contributed by atoms with Crippen LogP contribution in [0, 0.1) is 0 Å². The zero-order valence-electron chi connectivity index (χ0n) is 10.6. The highest BCUT2D eigenvalue weighted by atomic mass is 16.5. The van der Waals surface area contributed by atoms with Crippen LogP contribution in [-0.4, -0.2) is 31.3 Å². The molecule has 1 amide bonds. The number of benzene rings is 1. The van der Waals surface area contributed by atoms with E-state index in [0.29, 0.717) is 23.5 Å². The van der Waals surface area contributed by atoms with Crippen molar-refractivity contribution in [2.24, 2.45) is 0 Å². The van der Waals surface area contributed by atoms with Gasteiger partial charge in [0.05, 0.1) is 12.7 Å². The number of hydrogen-bond donors (Lipinski definition) is 3. The second-order valence-electron chi connectivity index (χ2n) is 3.99. The number of nitrogen functional groups attached to an aromatic ring is 1. The minimum absolute atomic E-state index is 0.191. The molecule has 0 radical (unpaired) electrons. The fourth-order valence-corrected chi connectivity index (χ4v) is 1.57. The number of aliphatic hydroxyl groups is 1. The molecule has 0 aromatic heterocycles. The Kier molecular flexibility index (Phi) is 6.00. The first-order chi connectivity index (χ1) is 8.69. The van der Waals surface area contributed by atoms with Crippen molar-refractivity contribution in [3.05, 3.63) is 23.8 Å². The number of ether oxygens (including phenoxy) is 1. The van der Waals surface area contributed by atoms with Crippen LogP contribution >= 0.6 is 0 Å². The van der Waals surface area contributed by atoms with Crippen molar-refractivity contribution in [2.45, 2.75) is 19.3 Å². The molecule has 0 unspecified atom stereocenters. The molecule has 5 heteroatoms. The van der Waals surface area contributed by atoms with E-state index in [-0.39, 0.29) is 12.5 Å². The predicted octanol–water partition coefficient (Wildman–Crippen LogP) is 1.17. The molecule has 100 valence electrons. The van der Waals surface area contributed by atoms with E-state index in [1.807, 2.05) is 0 Å². The van der Waals surface area contributed by atoms with Crippen molar-refractivity contribution in [2.75, 3.05) is 26.0 Å². The Morgan fingerprint density at radius 2 is 2.17 bits per heavy atom. The normalized spacial score (nSPS) is 10.1. The van der Waals surface area contributed by atoms with Crippen molar-refractivity contribution in [1.82, 2.24) is 5.32 Å². The van der Waals surface area contributed by atoms with Gasteiger partial charge in [-0.2, -0.15) is 0 Å². The average Bonchev–Trinajstić information content (AvgIpc) is 2.39. The molecule has 0 aliphatic rings. The molecular weight excluding hydrogens is 232 g/mol. The molecule has 18 heavy (non-hydrogen) atoms. The van der Waals surface area contributed by atoms with Gasteiger partial charge in [-0.3, -0.25) is 4.79 Å². The maximum atomic E-state index is 11.9. The molecule has 0 bridgehead atoms. The van der Waals surface area contributed by atoms with Crippen molar-refractivity contribution >= 4 is 11.6 Å². The Hall–Kier alpha value is -1.75. The van der Waals surface area contributed by atoms with Crippen LogP contribution in [0.1, 0.15) is 29.6 Å². The van der Waals surface area contributed by atoms with Gasteiger partial charge in [-0.05, 0) is 37.5 Å². The number of methoxy groups -OCH3 is 1. The molecule has 5 nitrogen and oxygen atoms in total. The van der Waals surface area contributed by atoms with Gasteiger partial charge in [-0.1, -0.05) is 0 Å². The summed E-state index contributed by atoms with van der Waals surface area (Å²) in [7, 11) is 1.54. The van der Waals surface area contributed by atoms with Gasteiger partial charge in [-0.25, -0.2) is 0 Å². The predicted molar refractivity (Wildman–Crippen MR) is 70.7 cm³/mol. The van der Waals surface area contributed by atoms with Crippen LogP contribution in [0.5, 0.6) is 5.75 Å². The number of aliphatic hydroxyl groups excluding tert-OH is 1. The Balaban J connectivity index is 2.50. The number of carbonyl (C=O) groups excluding carboxylic acids is 1. The van der Waals surface area contributed by atoms with Gasteiger partial charge in [0.25, 0.3) is 5.91 Å². The fourth-order valence-electron chi connectivity index (χ4n) is 1.57. The monoisotopic (exact) mass is 252 g/mol. The third-order valence-corrected chi connectivity index (χ3v) is 2.63. The first-order valence-corrected chi connectivity index (χ1v) is 6.01. The Labute approximate surface area is 107 Å². The van der Waals surface area contributed by atoms with Gasteiger partial charge in [-0.15, -0.1) is 0 Å². The van der Waals surface area contributed by atoms with E-state index in [4.69, 9.17) is 15.6 Å². The first kappa shape index (κ1) is 14.3. The van der Waals surface area contributed by atoms with Gasteiger partial charge in [0.2, 0.25) is 0 Å². The number of nitrogens with two attached hydrogens (primary N) is 1. The maximum Gasteiger partial charge on any atom is 0.253 e. The molecule has 0 aliphatic carbocycles. The van der Waals surface area contributed by atoms with Gasteiger partial charge in [0.1, 0.15) is 5.75 Å². The van der Waals surface area contributed by atoms with Crippen LogP contribution in [0.4, 0.5) is 5.69 Å². The molecule has 0 heterocycles. The number of nitrogens with one attached hydrogen (secondary N) is 1. The summed E-state index contributed by atoms with van der Waals surface area (Å²) in [6, 6.07) is 4.99. The summed E-state index contributed by atoms with van der Waals surface area (Å²) in [4.78, 5) is 11.9. The number of carbonyl (C=O) groups is 1. The molecule has 1 aromatic rings. The number of anilines is 1. The van der Waals surface area contributed by atoms with E-state index in [1.54, 1.807) is 25.3 Å². The average molecular weight is 252 g/mol. The van der Waals surface area contributed by atoms with Crippen LogP contribution in [0.3, 0.4) is 0 Å². The number of hydrogen-bond acceptors (Lipinski definition) is 4. The first-order valence-electron chi connectivity index (χ1n) is 6.01. The maximum absolute atomic E-state index is 11.9. The Bertz CT molecular complexity index is 394. The van der Waals surface area contributed by atoms with E-state index in [0.717, 1.165) is 19.3 Å². The lowest BCUT2D eigenvalue weighted by molar-refractivity contribution is 0.0953. The largest absolute Gasteiger partial charge is 0.497 e. The standard InChI is InChI=1S/C13H20N2O3/c1-18-10-5-6-12(14)11(9-10)13(17)15-7-3-2-4-8-16/h5-6,9,16H,2-4,7-8,14H2,1H3,(H,15,17). The molecule has 0 saturated heterocycles. The van der Waals surface area contributed by atoms with Gasteiger partial charge in [0.15, 0.2) is 0 Å². The third kappa shape index (κ3) is 4.25. The quantitative estimate of drug-likeness (QED) is 0.502. The van der Waals surface area contributed by atoms with Crippen LogP contribution in [0.15, 0.2) is 18.2 Å². The van der Waals surface area contributed by atoms with Crippen LogP contribution < -0.4 is 15.8 Å². The lowest BCUT2D eigenvalue weighted by atomic mass is 10.1. The molecule has 1 aromatic carbocycles. The van der Waals surface area contributed by atoms with E-state index in [1.165, 1.54) is 0 Å². The van der Waals surface area contributed by atoms with E-state index in [2.05, 4.69) is 5.32 Å². The lowest BCUT2D eigenvalue weighted by Gasteiger charge is -2.09. The smallest absolute Gasteiger partial charge is 0.253 e. The van der Waals surface area contributed by atoms with E-state index >= 15 is 0 Å². The van der Waals surface area contributed by atoms with Crippen LogP contribution in [0.25, 0.3) is 0 Å². The SMILES string of the molecule is COc1ccc(N)c(C(=O)NCCCCCO)c1. The summed E-state index contributed by atoms with van der Waals surface area (Å²) >= 11 is 0. The molecule has 0 aliphatic heterocycles. The molecule has 0 saturated carbocycles. The second-order valence-corrected chi connectivity index (χ2v) is 3.99. The van der Waals surface area contributed by atoms with Crippen molar-refractivity contribution in [1.29, 1.82) is 0 Å². The van der Waals surface area contributed by atoms with Crippen molar-refractivity contribution in [3.8, 4) is 5.75 Å². The molecule has 1 rings (SSSR count). The van der Waals surface area contributed by atoms with Gasteiger partial charge >= 0.3 is 0 Å². The van der Waals surface area contributed by atoms with Gasteiger partial charge < -0.3 is 20.9 Å². The summed E-state index contributed by atoms with van der Waals surface area (Å²) in [6.07, 6.45) is 2.50. The Morgan fingerprint density at radius 1 is 1.39 bits per heavy atom. The molecule has 0 spiro atoms.